The number of hydrogen-bond acceptors (Lipinski definition) is 9. The van der Waals surface area contributed by atoms with Crippen LogP contribution in [0.15, 0.2) is 10.6 Å². The fraction of sp³-hybridized carbons (Fsp3) is 0.750. The molecule has 0 aliphatic carbocycles. The molecule has 0 radical (unpaired) electrons. The van der Waals surface area contributed by atoms with Crippen molar-refractivity contribution in [3.05, 3.63) is 10.6 Å². The Morgan fingerprint density at radius 3 is 2.53 bits per heavy atom. The van der Waals surface area contributed by atoms with Crippen LogP contribution in [0.5, 0.6) is 0 Å². The Labute approximate surface area is 195 Å². The van der Waals surface area contributed by atoms with E-state index in [0.717, 1.165) is 0 Å². The van der Waals surface area contributed by atoms with E-state index in [2.05, 4.69) is 5.32 Å². The van der Waals surface area contributed by atoms with Crippen LogP contribution < -0.4 is 5.32 Å². The van der Waals surface area contributed by atoms with Gasteiger partial charge in [0, 0.05) is 28.7 Å². The van der Waals surface area contributed by atoms with E-state index in [9.17, 15) is 34.9 Å². The molecule has 0 bridgehead atoms. The predicted molar refractivity (Wildman–Crippen MR) is 120 cm³/mol. The van der Waals surface area contributed by atoms with Crippen molar-refractivity contribution in [2.45, 2.75) is 61.9 Å². The first-order chi connectivity index (χ1) is 15.0. The van der Waals surface area contributed by atoms with Crippen molar-refractivity contribution < 1.29 is 34.9 Å². The molecule has 2 saturated heterocycles. The van der Waals surface area contributed by atoms with Gasteiger partial charge in [0.1, 0.15) is 10.9 Å². The Bertz CT molecular complexity index is 808. The van der Waals surface area contributed by atoms with Crippen molar-refractivity contribution in [2.24, 2.45) is 11.8 Å². The van der Waals surface area contributed by atoms with Gasteiger partial charge in [-0.2, -0.15) is 11.8 Å². The lowest BCUT2D eigenvalue weighted by Gasteiger charge is -2.46. The monoisotopic (exact) mass is 489 g/mol. The van der Waals surface area contributed by atoms with E-state index >= 15 is 0 Å². The molecule has 10 nitrogen and oxygen atoms in total. The predicted octanol–water partition coefficient (Wildman–Crippen LogP) is -0.0660. The standard InChI is InChI=1S/C20H31N3O7S2/c1-8(7-24)23(30)19(27)17(31-4)12-5-11(6-21-12)32-16-9(2)14-13(10(3)25)18(26)22(14)15(16)20(28)29/h8-14,17,21,24-25,30H,5-7H2,1-4H3,(H,28,29)/t8?,9-,10-,11+,12+,13-,14-,17?/m1/s1. The second-order valence-electron chi connectivity index (χ2n) is 8.63. The van der Waals surface area contributed by atoms with Crippen LogP contribution in [0, 0.1) is 11.8 Å². The summed E-state index contributed by atoms with van der Waals surface area (Å²) in [4.78, 5) is 39.1. The summed E-state index contributed by atoms with van der Waals surface area (Å²) in [5.41, 5.74) is -0.00588. The van der Waals surface area contributed by atoms with E-state index in [0.29, 0.717) is 22.9 Å². The molecule has 0 saturated carbocycles. The van der Waals surface area contributed by atoms with E-state index in [1.165, 1.54) is 28.4 Å². The van der Waals surface area contributed by atoms with Crippen LogP contribution in [0.1, 0.15) is 27.2 Å². The number of carbonyl (C=O) groups excluding carboxylic acids is 2. The Morgan fingerprint density at radius 2 is 2.00 bits per heavy atom. The molecule has 3 heterocycles. The molecule has 2 unspecified atom stereocenters. The second kappa shape index (κ2) is 9.90. The van der Waals surface area contributed by atoms with Gasteiger partial charge < -0.3 is 25.5 Å². The highest BCUT2D eigenvalue weighted by Gasteiger charge is 2.60. The molecule has 0 spiro atoms. The highest BCUT2D eigenvalue weighted by Crippen LogP contribution is 2.52. The molecule has 3 aliphatic heterocycles. The van der Waals surface area contributed by atoms with Crippen molar-refractivity contribution in [2.75, 3.05) is 19.4 Å². The largest absolute Gasteiger partial charge is 0.477 e. The fourth-order valence-electron chi connectivity index (χ4n) is 4.77. The Balaban J connectivity index is 1.73. The van der Waals surface area contributed by atoms with Gasteiger partial charge >= 0.3 is 5.97 Å². The maximum absolute atomic E-state index is 12.7. The molecule has 3 aliphatic rings. The third-order valence-electron chi connectivity index (χ3n) is 6.50. The molecule has 2 fully saturated rings. The number of hydrogen-bond donors (Lipinski definition) is 5. The summed E-state index contributed by atoms with van der Waals surface area (Å²) in [7, 11) is 0. The lowest BCUT2D eigenvalue weighted by atomic mass is 9.79. The zero-order valence-corrected chi connectivity index (χ0v) is 20.1. The van der Waals surface area contributed by atoms with Crippen molar-refractivity contribution >= 4 is 41.3 Å². The van der Waals surface area contributed by atoms with Gasteiger partial charge in [-0.1, -0.05) is 6.92 Å². The van der Waals surface area contributed by atoms with Crippen LogP contribution in [0.25, 0.3) is 0 Å². The molecule has 5 N–H and O–H groups in total. The molecule has 2 amide bonds. The zero-order valence-electron chi connectivity index (χ0n) is 18.5. The van der Waals surface area contributed by atoms with E-state index in [-0.39, 0.29) is 41.5 Å². The Morgan fingerprint density at radius 1 is 1.34 bits per heavy atom. The quantitative estimate of drug-likeness (QED) is 0.169. The molecule has 0 aromatic rings. The maximum Gasteiger partial charge on any atom is 0.353 e. The number of nitrogens with zero attached hydrogens (tertiary/aromatic N) is 2. The van der Waals surface area contributed by atoms with Crippen molar-refractivity contribution in [1.82, 2.24) is 15.3 Å². The highest BCUT2D eigenvalue weighted by molar-refractivity contribution is 8.03. The molecular formula is C20H31N3O7S2. The number of carboxylic acids is 1. The SMILES string of the molecule is CSC(C(=O)N(O)C(C)CO)[C@@H]1C[C@H](SC2=C(C(=O)O)N3C(=O)[C@H]([C@@H](C)O)[C@H]3[C@H]2C)CN1. The van der Waals surface area contributed by atoms with Crippen LogP contribution in [0.3, 0.4) is 0 Å². The summed E-state index contributed by atoms with van der Waals surface area (Å²) in [6.07, 6.45) is 1.50. The topological polar surface area (TPSA) is 151 Å². The first-order valence-electron chi connectivity index (χ1n) is 10.6. The zero-order chi connectivity index (χ0) is 23.9. The van der Waals surface area contributed by atoms with Crippen LogP contribution in [-0.4, -0.2) is 102 Å². The smallest absolute Gasteiger partial charge is 0.353 e. The Kier molecular flexibility index (Phi) is 7.83. The minimum Gasteiger partial charge on any atom is -0.477 e. The first kappa shape index (κ1) is 25.3. The van der Waals surface area contributed by atoms with Gasteiger partial charge in [0.25, 0.3) is 5.91 Å². The summed E-state index contributed by atoms with van der Waals surface area (Å²) < 4.78 is 0. The number of thioether (sulfide) groups is 2. The highest BCUT2D eigenvalue weighted by atomic mass is 32.2. The van der Waals surface area contributed by atoms with Gasteiger partial charge in [-0.3, -0.25) is 14.8 Å². The average Bonchev–Trinajstić information content (AvgIpc) is 3.29. The number of fused-ring (bicyclic) bond motifs is 1. The molecule has 0 aromatic heterocycles. The van der Waals surface area contributed by atoms with Crippen molar-refractivity contribution in [1.29, 1.82) is 0 Å². The van der Waals surface area contributed by atoms with Crippen LogP contribution in [-0.2, 0) is 14.4 Å². The van der Waals surface area contributed by atoms with Gasteiger partial charge in [0.05, 0.1) is 30.7 Å². The van der Waals surface area contributed by atoms with Crippen molar-refractivity contribution in [3.63, 3.8) is 0 Å². The normalized spacial score (nSPS) is 32.4. The number of aliphatic carboxylic acids is 1. The summed E-state index contributed by atoms with van der Waals surface area (Å²) >= 11 is 2.71. The third kappa shape index (κ3) is 4.28. The molecule has 180 valence electrons. The van der Waals surface area contributed by atoms with Gasteiger partial charge in [-0.15, -0.1) is 11.8 Å². The van der Waals surface area contributed by atoms with Gasteiger partial charge in [-0.25, -0.2) is 9.86 Å². The summed E-state index contributed by atoms with van der Waals surface area (Å²) in [6.45, 7) is 5.16. The number of aliphatic hydroxyl groups is 2. The summed E-state index contributed by atoms with van der Waals surface area (Å²) in [6, 6.07) is -1.30. The number of carbonyl (C=O) groups is 3. The lowest BCUT2D eigenvalue weighted by Crippen LogP contribution is -2.63. The van der Waals surface area contributed by atoms with E-state index < -0.39 is 35.2 Å². The number of β-lactam (4-membered cyclic amide) rings is 1. The number of aliphatic hydroxyl groups excluding tert-OH is 2. The fourth-order valence-corrected chi connectivity index (χ4v) is 7.11. The summed E-state index contributed by atoms with van der Waals surface area (Å²) in [5, 5.41) is 42.3. The number of nitrogens with one attached hydrogen (secondary N) is 1. The number of rotatable bonds is 9. The van der Waals surface area contributed by atoms with Crippen LogP contribution in [0.4, 0.5) is 0 Å². The maximum atomic E-state index is 12.7. The molecule has 3 rings (SSSR count). The third-order valence-corrected chi connectivity index (χ3v) is 9.05. The van der Waals surface area contributed by atoms with Crippen LogP contribution >= 0.6 is 23.5 Å². The average molecular weight is 490 g/mol. The molecule has 0 aromatic carbocycles. The van der Waals surface area contributed by atoms with Gasteiger partial charge in [0.15, 0.2) is 0 Å². The van der Waals surface area contributed by atoms with E-state index in [4.69, 9.17) is 0 Å². The van der Waals surface area contributed by atoms with Crippen molar-refractivity contribution in [3.8, 4) is 0 Å². The Hall–Kier alpha value is -1.31. The number of hydroxylamine groups is 2. The van der Waals surface area contributed by atoms with E-state index in [1.54, 1.807) is 20.1 Å². The minimum absolute atomic E-state index is 0.00588. The minimum atomic E-state index is -1.16. The van der Waals surface area contributed by atoms with Gasteiger partial charge in [0.2, 0.25) is 5.91 Å². The molecule has 8 atom stereocenters. The molecule has 12 heteroatoms. The number of carboxylic acid groups (broad SMARTS) is 1. The van der Waals surface area contributed by atoms with Gasteiger partial charge in [-0.05, 0) is 26.5 Å². The first-order valence-corrected chi connectivity index (χ1v) is 12.8. The van der Waals surface area contributed by atoms with E-state index in [1.807, 2.05) is 6.92 Å². The summed E-state index contributed by atoms with van der Waals surface area (Å²) in [5.74, 6) is -2.82. The molecule has 32 heavy (non-hydrogen) atoms. The number of amides is 2. The second-order valence-corrected chi connectivity index (χ2v) is 11.0. The lowest BCUT2D eigenvalue weighted by molar-refractivity contribution is -0.177. The molecular weight excluding hydrogens is 458 g/mol. The van der Waals surface area contributed by atoms with Crippen LogP contribution in [0.2, 0.25) is 0 Å².